The number of carbonyl (C=O) groups is 1. The summed E-state index contributed by atoms with van der Waals surface area (Å²) in [4.78, 5) is 13.6. The van der Waals surface area contributed by atoms with Crippen LogP contribution in [-0.4, -0.2) is 12.5 Å². The molecule has 0 aliphatic carbocycles. The van der Waals surface area contributed by atoms with Crippen LogP contribution in [0.15, 0.2) is 18.2 Å². The first-order chi connectivity index (χ1) is 7.22. The summed E-state index contributed by atoms with van der Waals surface area (Å²) in [7, 11) is 0. The quantitative estimate of drug-likeness (QED) is 0.721. The van der Waals surface area contributed by atoms with Gasteiger partial charge < -0.3 is 4.90 Å². The summed E-state index contributed by atoms with van der Waals surface area (Å²) in [5.41, 5.74) is 3.37. The predicted molar refractivity (Wildman–Crippen MR) is 61.9 cm³/mol. The van der Waals surface area contributed by atoms with Crippen molar-refractivity contribution in [3.63, 3.8) is 0 Å². The zero-order valence-corrected chi connectivity index (χ0v) is 9.12. The monoisotopic (exact) mass is 202 g/mol. The number of aryl methyl sites for hydroxylation is 1. The van der Waals surface area contributed by atoms with E-state index in [-0.39, 0.29) is 5.91 Å². The summed E-state index contributed by atoms with van der Waals surface area (Å²) < 4.78 is 0. The van der Waals surface area contributed by atoms with Crippen LogP contribution in [-0.2, 0) is 11.2 Å². The van der Waals surface area contributed by atoms with Crippen LogP contribution < -0.4 is 4.90 Å². The fourth-order valence-electron chi connectivity index (χ4n) is 2.08. The minimum absolute atomic E-state index is 0.251. The summed E-state index contributed by atoms with van der Waals surface area (Å²) in [6, 6.07) is 6.08. The van der Waals surface area contributed by atoms with Crippen molar-refractivity contribution in [3.05, 3.63) is 36.2 Å². The SMILES string of the molecule is [CH2]c1ccc2c(c1)CCC(=O)N2CCC. The van der Waals surface area contributed by atoms with Gasteiger partial charge in [0.15, 0.2) is 0 Å². The van der Waals surface area contributed by atoms with Gasteiger partial charge in [-0.3, -0.25) is 4.79 Å². The average molecular weight is 202 g/mol. The lowest BCUT2D eigenvalue weighted by atomic mass is 9.99. The minimum atomic E-state index is 0.251. The van der Waals surface area contributed by atoms with E-state index < -0.39 is 0 Å². The molecule has 2 rings (SSSR count). The number of anilines is 1. The number of rotatable bonds is 2. The van der Waals surface area contributed by atoms with Crippen molar-refractivity contribution < 1.29 is 4.79 Å². The largest absolute Gasteiger partial charge is 0.312 e. The smallest absolute Gasteiger partial charge is 0.227 e. The Hall–Kier alpha value is -1.31. The molecular weight excluding hydrogens is 186 g/mol. The van der Waals surface area contributed by atoms with E-state index in [1.54, 1.807) is 0 Å². The van der Waals surface area contributed by atoms with Crippen LogP contribution in [0.4, 0.5) is 5.69 Å². The maximum Gasteiger partial charge on any atom is 0.227 e. The van der Waals surface area contributed by atoms with Crippen molar-refractivity contribution >= 4 is 11.6 Å². The lowest BCUT2D eigenvalue weighted by Crippen LogP contribution is -2.35. The lowest BCUT2D eigenvalue weighted by molar-refractivity contribution is -0.118. The number of amides is 1. The van der Waals surface area contributed by atoms with Gasteiger partial charge in [-0.25, -0.2) is 0 Å². The summed E-state index contributed by atoms with van der Waals surface area (Å²) in [6.45, 7) is 6.83. The van der Waals surface area contributed by atoms with Gasteiger partial charge in [0.25, 0.3) is 0 Å². The highest BCUT2D eigenvalue weighted by Crippen LogP contribution is 2.28. The molecule has 0 saturated carbocycles. The highest BCUT2D eigenvalue weighted by Gasteiger charge is 2.22. The molecule has 2 heteroatoms. The predicted octanol–water partition coefficient (Wildman–Crippen LogP) is 2.56. The standard InChI is InChI=1S/C13H16NO/c1-3-8-14-12-6-4-10(2)9-11(12)5-7-13(14)15/h4,6,9H,2-3,5,7-8H2,1H3. The molecule has 0 bridgehead atoms. The Morgan fingerprint density at radius 1 is 1.40 bits per heavy atom. The van der Waals surface area contributed by atoms with Crippen molar-refractivity contribution in [2.24, 2.45) is 0 Å². The van der Waals surface area contributed by atoms with Crippen LogP contribution in [0.1, 0.15) is 30.9 Å². The van der Waals surface area contributed by atoms with E-state index in [0.29, 0.717) is 6.42 Å². The third-order valence-electron chi connectivity index (χ3n) is 2.79. The van der Waals surface area contributed by atoms with E-state index in [4.69, 9.17) is 0 Å². The van der Waals surface area contributed by atoms with Crippen LogP contribution in [0.5, 0.6) is 0 Å². The summed E-state index contributed by atoms with van der Waals surface area (Å²) in [5.74, 6) is 0.251. The van der Waals surface area contributed by atoms with E-state index >= 15 is 0 Å². The van der Waals surface area contributed by atoms with Gasteiger partial charge >= 0.3 is 0 Å². The van der Waals surface area contributed by atoms with Crippen molar-refractivity contribution in [2.45, 2.75) is 26.2 Å². The molecule has 1 amide bonds. The van der Waals surface area contributed by atoms with Crippen LogP contribution in [0.2, 0.25) is 0 Å². The molecule has 79 valence electrons. The van der Waals surface area contributed by atoms with Crippen molar-refractivity contribution in [2.75, 3.05) is 11.4 Å². The molecule has 1 aromatic rings. The Balaban J connectivity index is 2.39. The van der Waals surface area contributed by atoms with Crippen LogP contribution in [0.25, 0.3) is 0 Å². The number of hydrogen-bond donors (Lipinski definition) is 0. The zero-order chi connectivity index (χ0) is 10.8. The number of nitrogens with zero attached hydrogens (tertiary/aromatic N) is 1. The van der Waals surface area contributed by atoms with Crippen molar-refractivity contribution in [3.8, 4) is 0 Å². The Labute approximate surface area is 90.9 Å². The molecule has 2 nitrogen and oxygen atoms in total. The summed E-state index contributed by atoms with van der Waals surface area (Å²) in [5, 5.41) is 0. The molecule has 0 aromatic heterocycles. The molecular formula is C13H16NO. The second-order valence-electron chi connectivity index (χ2n) is 4.01. The van der Waals surface area contributed by atoms with Gasteiger partial charge in [0.1, 0.15) is 0 Å². The number of benzene rings is 1. The fraction of sp³-hybridized carbons (Fsp3) is 0.385. The van der Waals surface area contributed by atoms with E-state index in [1.807, 2.05) is 17.0 Å². The molecule has 0 saturated heterocycles. The average Bonchev–Trinajstić information content (AvgIpc) is 2.22. The number of carbonyl (C=O) groups excluding carboxylic acids is 1. The third kappa shape index (κ3) is 1.89. The minimum Gasteiger partial charge on any atom is -0.312 e. The second-order valence-corrected chi connectivity index (χ2v) is 4.01. The van der Waals surface area contributed by atoms with Crippen LogP contribution in [0, 0.1) is 6.92 Å². The first-order valence-corrected chi connectivity index (χ1v) is 5.47. The maximum absolute atomic E-state index is 11.7. The van der Waals surface area contributed by atoms with Crippen molar-refractivity contribution in [1.82, 2.24) is 0 Å². The van der Waals surface area contributed by atoms with Gasteiger partial charge in [0.2, 0.25) is 5.91 Å². The van der Waals surface area contributed by atoms with E-state index in [0.717, 1.165) is 30.6 Å². The van der Waals surface area contributed by atoms with E-state index in [2.05, 4.69) is 19.9 Å². The highest BCUT2D eigenvalue weighted by atomic mass is 16.2. The number of fused-ring (bicyclic) bond motifs is 1. The molecule has 0 spiro atoms. The topological polar surface area (TPSA) is 20.3 Å². The molecule has 15 heavy (non-hydrogen) atoms. The molecule has 0 unspecified atom stereocenters. The van der Waals surface area contributed by atoms with E-state index in [1.165, 1.54) is 5.56 Å². The first-order valence-electron chi connectivity index (χ1n) is 5.47. The molecule has 1 aliphatic heterocycles. The molecule has 1 heterocycles. The molecule has 1 aliphatic rings. The Kier molecular flexibility index (Phi) is 2.76. The molecule has 1 radical (unpaired) electrons. The lowest BCUT2D eigenvalue weighted by Gasteiger charge is -2.29. The molecule has 0 atom stereocenters. The Bertz CT molecular complexity index is 384. The maximum atomic E-state index is 11.7. The Morgan fingerprint density at radius 3 is 2.93 bits per heavy atom. The van der Waals surface area contributed by atoms with Gasteiger partial charge in [0, 0.05) is 18.7 Å². The van der Waals surface area contributed by atoms with Crippen LogP contribution >= 0.6 is 0 Å². The second kappa shape index (κ2) is 4.05. The van der Waals surface area contributed by atoms with Crippen molar-refractivity contribution in [1.29, 1.82) is 0 Å². The number of hydrogen-bond acceptors (Lipinski definition) is 1. The zero-order valence-electron chi connectivity index (χ0n) is 9.12. The first kappa shape index (κ1) is 10.2. The van der Waals surface area contributed by atoms with Crippen LogP contribution in [0.3, 0.4) is 0 Å². The third-order valence-corrected chi connectivity index (χ3v) is 2.79. The van der Waals surface area contributed by atoms with Gasteiger partial charge in [-0.1, -0.05) is 19.1 Å². The van der Waals surface area contributed by atoms with Gasteiger partial charge in [0.05, 0.1) is 0 Å². The normalized spacial score (nSPS) is 15.3. The van der Waals surface area contributed by atoms with Gasteiger partial charge in [-0.05, 0) is 37.0 Å². The Morgan fingerprint density at radius 2 is 2.20 bits per heavy atom. The highest BCUT2D eigenvalue weighted by molar-refractivity contribution is 5.96. The fourth-order valence-corrected chi connectivity index (χ4v) is 2.08. The molecule has 1 aromatic carbocycles. The molecule has 0 fully saturated rings. The van der Waals surface area contributed by atoms with Gasteiger partial charge in [-0.2, -0.15) is 0 Å². The summed E-state index contributed by atoms with van der Waals surface area (Å²) in [6.07, 6.45) is 2.49. The van der Waals surface area contributed by atoms with Gasteiger partial charge in [-0.15, -0.1) is 0 Å². The summed E-state index contributed by atoms with van der Waals surface area (Å²) >= 11 is 0. The van der Waals surface area contributed by atoms with E-state index in [9.17, 15) is 4.79 Å². The molecule has 0 N–H and O–H groups in total.